The molecular weight excluding hydrogens is 478 g/mol. The number of pyridine rings is 1. The molecule has 1 N–H and O–H groups in total. The molecule has 0 saturated heterocycles. The quantitative estimate of drug-likeness (QED) is 0.573. The van der Waals surface area contributed by atoms with E-state index in [1.807, 2.05) is 0 Å². The van der Waals surface area contributed by atoms with E-state index in [0.717, 1.165) is 8.87 Å². The molecular formula is C18H18BrN5O5S. The number of benzene rings is 1. The van der Waals surface area contributed by atoms with Crippen molar-refractivity contribution in [2.24, 2.45) is 14.1 Å². The lowest BCUT2D eigenvalue weighted by Gasteiger charge is -2.14. The van der Waals surface area contributed by atoms with Crippen molar-refractivity contribution in [1.29, 1.82) is 0 Å². The van der Waals surface area contributed by atoms with Crippen LogP contribution in [0.1, 0.15) is 10.4 Å². The molecule has 0 radical (unpaired) electrons. The average Bonchev–Trinajstić information content (AvgIpc) is 2.70. The minimum Gasteiger partial charge on any atom is -0.321 e. The van der Waals surface area contributed by atoms with Gasteiger partial charge in [-0.15, -0.1) is 0 Å². The van der Waals surface area contributed by atoms with E-state index in [0.29, 0.717) is 4.47 Å². The molecule has 12 heteroatoms. The van der Waals surface area contributed by atoms with Gasteiger partial charge in [0.05, 0.1) is 22.2 Å². The zero-order valence-corrected chi connectivity index (χ0v) is 18.9. The van der Waals surface area contributed by atoms with Crippen molar-refractivity contribution in [1.82, 2.24) is 18.4 Å². The molecule has 2 aromatic heterocycles. The van der Waals surface area contributed by atoms with Gasteiger partial charge in [0.2, 0.25) is 10.0 Å². The van der Waals surface area contributed by atoms with Crippen molar-refractivity contribution < 1.29 is 13.2 Å². The van der Waals surface area contributed by atoms with Crippen molar-refractivity contribution >= 4 is 48.6 Å². The van der Waals surface area contributed by atoms with E-state index in [-0.39, 0.29) is 27.2 Å². The van der Waals surface area contributed by atoms with E-state index in [4.69, 9.17) is 0 Å². The number of anilines is 1. The van der Waals surface area contributed by atoms with E-state index >= 15 is 0 Å². The zero-order valence-electron chi connectivity index (χ0n) is 16.5. The van der Waals surface area contributed by atoms with Crippen LogP contribution in [-0.4, -0.2) is 46.8 Å². The fraction of sp³-hybridized carbons (Fsp3) is 0.222. The number of halogens is 1. The first kappa shape index (κ1) is 21.9. The molecule has 1 amide bonds. The summed E-state index contributed by atoms with van der Waals surface area (Å²) in [5.41, 5.74) is -0.541. The maximum Gasteiger partial charge on any atom is 0.332 e. The van der Waals surface area contributed by atoms with Gasteiger partial charge < -0.3 is 5.32 Å². The van der Waals surface area contributed by atoms with Gasteiger partial charge >= 0.3 is 5.69 Å². The molecule has 2 heterocycles. The number of nitrogens with one attached hydrogen (secondary N) is 1. The monoisotopic (exact) mass is 495 g/mol. The number of aromatic nitrogens is 3. The van der Waals surface area contributed by atoms with Gasteiger partial charge in [0.15, 0.2) is 0 Å². The fourth-order valence-corrected chi connectivity index (χ4v) is 4.62. The summed E-state index contributed by atoms with van der Waals surface area (Å²) in [6, 6.07) is 5.60. The van der Waals surface area contributed by atoms with E-state index in [1.165, 1.54) is 63.2 Å². The van der Waals surface area contributed by atoms with Crippen LogP contribution in [0.2, 0.25) is 0 Å². The maximum absolute atomic E-state index is 12.7. The molecule has 1 aromatic carbocycles. The van der Waals surface area contributed by atoms with Crippen molar-refractivity contribution in [3.8, 4) is 0 Å². The molecule has 0 fully saturated rings. The Kier molecular flexibility index (Phi) is 5.67. The van der Waals surface area contributed by atoms with Crippen LogP contribution in [0.15, 0.2) is 49.4 Å². The predicted octanol–water partition coefficient (Wildman–Crippen LogP) is 0.897. The molecule has 10 nitrogen and oxygen atoms in total. The average molecular weight is 496 g/mol. The standard InChI is InChI=1S/C18H18BrN5O5S/c1-22(2)30(28,29)14-7-10(5-6-13(14)19)16(25)21-11-8-12-15(20-9-11)23(3)18(27)24(4)17(12)26/h5-9H,1-4H3,(H,21,25). The normalized spacial score (nSPS) is 11.8. The zero-order chi connectivity index (χ0) is 22.4. The highest BCUT2D eigenvalue weighted by molar-refractivity contribution is 9.10. The number of fused-ring (bicyclic) bond motifs is 1. The summed E-state index contributed by atoms with van der Waals surface area (Å²) in [6.07, 6.45) is 1.31. The first-order chi connectivity index (χ1) is 13.9. The molecule has 158 valence electrons. The molecule has 0 saturated carbocycles. The molecule has 0 bridgehead atoms. The first-order valence-corrected chi connectivity index (χ1v) is 10.8. The number of hydrogen-bond donors (Lipinski definition) is 1. The van der Waals surface area contributed by atoms with Crippen molar-refractivity contribution in [2.75, 3.05) is 19.4 Å². The van der Waals surface area contributed by atoms with Crippen LogP contribution in [0, 0.1) is 0 Å². The molecule has 0 aliphatic heterocycles. The summed E-state index contributed by atoms with van der Waals surface area (Å²) in [5, 5.41) is 2.75. The van der Waals surface area contributed by atoms with Crippen molar-refractivity contribution in [3.63, 3.8) is 0 Å². The highest BCUT2D eigenvalue weighted by Gasteiger charge is 2.22. The van der Waals surface area contributed by atoms with Gasteiger partial charge in [-0.2, -0.15) is 0 Å². The first-order valence-electron chi connectivity index (χ1n) is 8.54. The third-order valence-corrected chi connectivity index (χ3v) is 7.31. The Labute approximate surface area is 179 Å². The second-order valence-corrected chi connectivity index (χ2v) is 9.66. The van der Waals surface area contributed by atoms with Gasteiger partial charge in [0, 0.05) is 38.2 Å². The van der Waals surface area contributed by atoms with Gasteiger partial charge in [-0.3, -0.25) is 18.7 Å². The molecule has 0 unspecified atom stereocenters. The van der Waals surface area contributed by atoms with E-state index < -0.39 is 27.2 Å². The third-order valence-electron chi connectivity index (χ3n) is 4.50. The maximum atomic E-state index is 12.7. The molecule has 30 heavy (non-hydrogen) atoms. The van der Waals surface area contributed by atoms with Crippen LogP contribution in [0.4, 0.5) is 5.69 Å². The number of nitrogens with zero attached hydrogens (tertiary/aromatic N) is 4. The highest BCUT2D eigenvalue weighted by atomic mass is 79.9. The van der Waals surface area contributed by atoms with E-state index in [2.05, 4.69) is 26.2 Å². The molecule has 0 spiro atoms. The second-order valence-electron chi connectivity index (χ2n) is 6.69. The summed E-state index contributed by atoms with van der Waals surface area (Å²) in [7, 11) is 1.86. The van der Waals surface area contributed by atoms with Crippen LogP contribution in [0.3, 0.4) is 0 Å². The summed E-state index contributed by atoms with van der Waals surface area (Å²) >= 11 is 3.19. The Hall–Kier alpha value is -2.83. The minimum atomic E-state index is -3.77. The van der Waals surface area contributed by atoms with Crippen molar-refractivity contribution in [2.45, 2.75) is 4.90 Å². The Morgan fingerprint density at radius 2 is 1.80 bits per heavy atom. The Morgan fingerprint density at radius 3 is 2.43 bits per heavy atom. The minimum absolute atomic E-state index is 0.0549. The lowest BCUT2D eigenvalue weighted by atomic mass is 10.2. The van der Waals surface area contributed by atoms with Gasteiger partial charge in [-0.05, 0) is 40.2 Å². The number of hydrogen-bond acceptors (Lipinski definition) is 6. The van der Waals surface area contributed by atoms with Crippen LogP contribution in [-0.2, 0) is 24.1 Å². The number of carbonyl (C=O) groups is 1. The third kappa shape index (κ3) is 3.68. The number of amides is 1. The van der Waals surface area contributed by atoms with Gasteiger partial charge in [0.1, 0.15) is 5.65 Å². The van der Waals surface area contributed by atoms with Crippen molar-refractivity contribution in [3.05, 3.63) is 61.3 Å². The van der Waals surface area contributed by atoms with E-state index in [1.54, 1.807) is 0 Å². The van der Waals surface area contributed by atoms with E-state index in [9.17, 15) is 22.8 Å². The second kappa shape index (κ2) is 7.78. The summed E-state index contributed by atoms with van der Waals surface area (Å²) in [5.74, 6) is -0.583. The summed E-state index contributed by atoms with van der Waals surface area (Å²) < 4.78 is 28.4. The Bertz CT molecular complexity index is 1410. The fourth-order valence-electron chi connectivity index (χ4n) is 2.78. The summed E-state index contributed by atoms with van der Waals surface area (Å²) in [4.78, 5) is 41.1. The molecule has 3 aromatic rings. The predicted molar refractivity (Wildman–Crippen MR) is 115 cm³/mol. The van der Waals surface area contributed by atoms with Crippen LogP contribution >= 0.6 is 15.9 Å². The van der Waals surface area contributed by atoms with Gasteiger partial charge in [0.25, 0.3) is 11.5 Å². The molecule has 0 atom stereocenters. The van der Waals surface area contributed by atoms with Gasteiger partial charge in [-0.25, -0.2) is 22.5 Å². The largest absolute Gasteiger partial charge is 0.332 e. The highest BCUT2D eigenvalue weighted by Crippen LogP contribution is 2.25. The smallest absolute Gasteiger partial charge is 0.321 e. The number of sulfonamides is 1. The lowest BCUT2D eigenvalue weighted by molar-refractivity contribution is 0.102. The Balaban J connectivity index is 2.02. The van der Waals surface area contributed by atoms with Crippen LogP contribution in [0.5, 0.6) is 0 Å². The topological polar surface area (TPSA) is 123 Å². The number of carbonyl (C=O) groups excluding carboxylic acids is 1. The number of rotatable bonds is 4. The molecule has 0 aliphatic rings. The van der Waals surface area contributed by atoms with Gasteiger partial charge in [-0.1, -0.05) is 0 Å². The lowest BCUT2D eigenvalue weighted by Crippen LogP contribution is -2.37. The molecule has 3 rings (SSSR count). The van der Waals surface area contributed by atoms with Crippen LogP contribution < -0.4 is 16.6 Å². The SMILES string of the molecule is CN(C)S(=O)(=O)c1cc(C(=O)Nc2cnc3c(c2)c(=O)n(C)c(=O)n3C)ccc1Br. The molecule has 0 aliphatic carbocycles. The van der Waals surface area contributed by atoms with Crippen LogP contribution in [0.25, 0.3) is 11.0 Å². The number of aryl methyl sites for hydroxylation is 1. The summed E-state index contributed by atoms with van der Waals surface area (Å²) in [6.45, 7) is 0. The Morgan fingerprint density at radius 1 is 1.13 bits per heavy atom.